The number of anilines is 1. The molecule has 4 nitrogen and oxygen atoms in total. The number of hydrogen-bond donors (Lipinski definition) is 1. The van der Waals surface area contributed by atoms with Crippen LogP contribution in [0, 0.1) is 5.82 Å². The second-order valence-corrected chi connectivity index (χ2v) is 5.34. The number of nitrogens with one attached hydrogen (secondary N) is 1. The minimum atomic E-state index is -0.846. The largest absolute Gasteiger partial charge is 0.365 e. The zero-order valence-electron chi connectivity index (χ0n) is 9.04. The molecule has 16 heavy (non-hydrogen) atoms. The van der Waals surface area contributed by atoms with E-state index in [0.29, 0.717) is 12.2 Å². The van der Waals surface area contributed by atoms with Gasteiger partial charge in [0.25, 0.3) is 0 Å². The Balaban J connectivity index is 2.58. The molecule has 0 aliphatic rings. The average Bonchev–Trinajstić information content (AvgIpc) is 2.20. The fourth-order valence-corrected chi connectivity index (χ4v) is 1.91. The quantitative estimate of drug-likeness (QED) is 0.826. The molecule has 0 aromatic carbocycles. The van der Waals surface area contributed by atoms with E-state index in [1.165, 1.54) is 0 Å². The van der Waals surface area contributed by atoms with Crippen LogP contribution in [0.2, 0.25) is 5.28 Å². The Morgan fingerprint density at radius 2 is 2.38 bits per heavy atom. The molecule has 1 rings (SSSR count). The van der Waals surface area contributed by atoms with Crippen LogP contribution in [0.3, 0.4) is 0 Å². The summed E-state index contributed by atoms with van der Waals surface area (Å²) in [6.45, 7) is 1.86. The first-order valence-electron chi connectivity index (χ1n) is 4.73. The van der Waals surface area contributed by atoms with Gasteiger partial charge in [-0.05, 0) is 24.9 Å². The van der Waals surface area contributed by atoms with Gasteiger partial charge in [-0.2, -0.15) is 4.98 Å². The Bertz CT molecular complexity index is 391. The number of rotatable bonds is 5. The molecule has 7 heteroatoms. The molecule has 2 unspecified atom stereocenters. The second-order valence-electron chi connectivity index (χ2n) is 3.45. The van der Waals surface area contributed by atoms with Crippen molar-refractivity contribution in [3.05, 3.63) is 17.3 Å². The van der Waals surface area contributed by atoms with Crippen LogP contribution in [0.4, 0.5) is 10.2 Å². The van der Waals surface area contributed by atoms with Crippen molar-refractivity contribution in [2.75, 3.05) is 17.3 Å². The molecule has 1 N–H and O–H groups in total. The summed E-state index contributed by atoms with van der Waals surface area (Å²) >= 11 is 5.55. The molecule has 1 aromatic rings. The van der Waals surface area contributed by atoms with E-state index in [2.05, 4.69) is 15.3 Å². The summed E-state index contributed by atoms with van der Waals surface area (Å²) in [6, 6.07) is -0.0237. The third kappa shape index (κ3) is 4.40. The van der Waals surface area contributed by atoms with Crippen LogP contribution in [0.25, 0.3) is 0 Å². The molecule has 0 radical (unpaired) electrons. The summed E-state index contributed by atoms with van der Waals surface area (Å²) in [4.78, 5) is 7.24. The first-order valence-corrected chi connectivity index (χ1v) is 6.84. The Morgan fingerprint density at radius 3 is 3.00 bits per heavy atom. The van der Waals surface area contributed by atoms with Crippen LogP contribution >= 0.6 is 11.6 Å². The minimum Gasteiger partial charge on any atom is -0.365 e. The molecular formula is C9H13ClFN3OS. The molecule has 0 saturated carbocycles. The molecule has 0 spiro atoms. The molecule has 0 aliphatic heterocycles. The van der Waals surface area contributed by atoms with Gasteiger partial charge in [0, 0.05) is 28.9 Å². The lowest BCUT2D eigenvalue weighted by molar-refractivity contribution is 0.610. The van der Waals surface area contributed by atoms with E-state index in [-0.39, 0.29) is 17.1 Å². The highest BCUT2D eigenvalue weighted by atomic mass is 35.5. The molecule has 90 valence electrons. The van der Waals surface area contributed by atoms with Crippen LogP contribution in [0.15, 0.2) is 6.20 Å². The molecule has 0 amide bonds. The highest BCUT2D eigenvalue weighted by Gasteiger charge is 2.09. The van der Waals surface area contributed by atoms with Gasteiger partial charge in [0.1, 0.15) is 0 Å². The van der Waals surface area contributed by atoms with E-state index < -0.39 is 16.6 Å². The fourth-order valence-electron chi connectivity index (χ4n) is 1.10. The number of hydrogen-bond acceptors (Lipinski definition) is 4. The topological polar surface area (TPSA) is 54.9 Å². The maximum absolute atomic E-state index is 13.2. The highest BCUT2D eigenvalue weighted by Crippen LogP contribution is 2.13. The van der Waals surface area contributed by atoms with Crippen LogP contribution in [-0.2, 0) is 10.8 Å². The van der Waals surface area contributed by atoms with Crippen molar-refractivity contribution in [3.8, 4) is 0 Å². The van der Waals surface area contributed by atoms with E-state index in [9.17, 15) is 8.60 Å². The lowest BCUT2D eigenvalue weighted by Gasteiger charge is -2.13. The Hall–Kier alpha value is -0.750. The van der Waals surface area contributed by atoms with Gasteiger partial charge in [-0.3, -0.25) is 4.21 Å². The van der Waals surface area contributed by atoms with E-state index in [4.69, 9.17) is 11.6 Å². The molecule has 0 aliphatic carbocycles. The third-order valence-electron chi connectivity index (χ3n) is 1.94. The number of aromatic nitrogens is 2. The molecule has 1 heterocycles. The van der Waals surface area contributed by atoms with Crippen molar-refractivity contribution in [2.45, 2.75) is 19.4 Å². The first kappa shape index (κ1) is 13.3. The lowest BCUT2D eigenvalue weighted by atomic mass is 10.2. The normalized spacial score (nSPS) is 14.5. The SMILES string of the molecule is CC(CCS(C)=O)Nc1nc(Cl)ncc1F. The molecule has 0 bridgehead atoms. The van der Waals surface area contributed by atoms with Gasteiger partial charge < -0.3 is 5.32 Å². The Morgan fingerprint density at radius 1 is 1.69 bits per heavy atom. The van der Waals surface area contributed by atoms with Crippen molar-refractivity contribution in [2.24, 2.45) is 0 Å². The standard InChI is InChI=1S/C9H13ClFN3OS/c1-6(3-4-16(2)15)13-8-7(11)5-12-9(10)14-8/h5-6H,3-4H2,1-2H3,(H,12,13,14). The second kappa shape index (κ2) is 6.10. The van der Waals surface area contributed by atoms with E-state index in [1.54, 1.807) is 6.26 Å². The van der Waals surface area contributed by atoms with Crippen molar-refractivity contribution in [3.63, 3.8) is 0 Å². The summed E-state index contributed by atoms with van der Waals surface area (Å²) in [7, 11) is -0.846. The maximum atomic E-state index is 13.2. The lowest BCUT2D eigenvalue weighted by Crippen LogP contribution is -2.19. The number of nitrogens with zero attached hydrogens (tertiary/aromatic N) is 2. The number of halogens is 2. The van der Waals surface area contributed by atoms with Crippen molar-refractivity contribution >= 4 is 28.2 Å². The van der Waals surface area contributed by atoms with Crippen molar-refractivity contribution in [1.29, 1.82) is 0 Å². The van der Waals surface area contributed by atoms with Crippen LogP contribution in [0.1, 0.15) is 13.3 Å². The highest BCUT2D eigenvalue weighted by molar-refractivity contribution is 7.84. The van der Waals surface area contributed by atoms with Crippen molar-refractivity contribution in [1.82, 2.24) is 9.97 Å². The Labute approximate surface area is 101 Å². The molecule has 0 saturated heterocycles. The van der Waals surface area contributed by atoms with Gasteiger partial charge in [-0.15, -0.1) is 0 Å². The van der Waals surface area contributed by atoms with E-state index in [0.717, 1.165) is 6.20 Å². The van der Waals surface area contributed by atoms with Gasteiger partial charge in [-0.1, -0.05) is 0 Å². The predicted octanol–water partition coefficient (Wildman–Crippen LogP) is 1.84. The van der Waals surface area contributed by atoms with Gasteiger partial charge >= 0.3 is 0 Å². The minimum absolute atomic E-state index is 0.00447. The van der Waals surface area contributed by atoms with Crippen LogP contribution in [-0.4, -0.2) is 32.2 Å². The summed E-state index contributed by atoms with van der Waals surface area (Å²) in [5, 5.41) is 2.86. The smallest absolute Gasteiger partial charge is 0.224 e. The van der Waals surface area contributed by atoms with Crippen LogP contribution < -0.4 is 5.32 Å². The summed E-state index contributed by atoms with van der Waals surface area (Å²) < 4.78 is 24.1. The summed E-state index contributed by atoms with van der Waals surface area (Å²) in [6.07, 6.45) is 3.32. The van der Waals surface area contributed by atoms with Crippen LogP contribution in [0.5, 0.6) is 0 Å². The summed E-state index contributed by atoms with van der Waals surface area (Å²) in [5.74, 6) is 0.0949. The van der Waals surface area contributed by atoms with Gasteiger partial charge in [0.05, 0.1) is 6.20 Å². The van der Waals surface area contributed by atoms with Crippen molar-refractivity contribution < 1.29 is 8.60 Å². The predicted molar refractivity (Wildman–Crippen MR) is 63.6 cm³/mol. The average molecular weight is 266 g/mol. The van der Waals surface area contributed by atoms with Gasteiger partial charge in [0.2, 0.25) is 5.28 Å². The summed E-state index contributed by atoms with van der Waals surface area (Å²) in [5.41, 5.74) is 0. The zero-order chi connectivity index (χ0) is 12.1. The molecule has 0 fully saturated rings. The van der Waals surface area contributed by atoms with Gasteiger partial charge in [-0.25, -0.2) is 9.37 Å². The third-order valence-corrected chi connectivity index (χ3v) is 2.93. The maximum Gasteiger partial charge on any atom is 0.224 e. The molecule has 2 atom stereocenters. The van der Waals surface area contributed by atoms with E-state index in [1.807, 2.05) is 6.92 Å². The molecular weight excluding hydrogens is 253 g/mol. The Kier molecular flexibility index (Phi) is 5.08. The van der Waals surface area contributed by atoms with Gasteiger partial charge in [0.15, 0.2) is 11.6 Å². The monoisotopic (exact) mass is 265 g/mol. The fraction of sp³-hybridized carbons (Fsp3) is 0.556. The van der Waals surface area contributed by atoms with E-state index >= 15 is 0 Å². The zero-order valence-corrected chi connectivity index (χ0v) is 10.6. The first-order chi connectivity index (χ1) is 7.49. The molecule has 1 aromatic heterocycles.